The van der Waals surface area contributed by atoms with Crippen LogP contribution in [0.2, 0.25) is 0 Å². The van der Waals surface area contributed by atoms with Crippen molar-refractivity contribution in [2.45, 2.75) is 33.1 Å². The molecule has 0 aromatic heterocycles. The van der Waals surface area contributed by atoms with Gasteiger partial charge in [0.25, 0.3) is 0 Å². The third-order valence-corrected chi connectivity index (χ3v) is 5.92. The number of amides is 1. The van der Waals surface area contributed by atoms with Crippen molar-refractivity contribution in [3.63, 3.8) is 0 Å². The van der Waals surface area contributed by atoms with Gasteiger partial charge in [-0.15, -0.1) is 0 Å². The number of rotatable bonds is 8. The third kappa shape index (κ3) is 7.58. The molecule has 5 nitrogen and oxygen atoms in total. The molecule has 1 amide bonds. The minimum atomic E-state index is -0.417. The molecule has 0 aliphatic rings. The summed E-state index contributed by atoms with van der Waals surface area (Å²) in [4.78, 5) is 25.1. The van der Waals surface area contributed by atoms with Gasteiger partial charge in [0.1, 0.15) is 5.75 Å². The number of hydrogen-bond donors (Lipinski definition) is 1. The number of esters is 1. The van der Waals surface area contributed by atoms with Crippen LogP contribution in [0, 0.1) is 8.99 Å². The molecule has 0 aliphatic carbocycles. The number of ether oxygens (including phenoxy) is 2. The number of halogens is 1. The van der Waals surface area contributed by atoms with Crippen LogP contribution in [0.25, 0.3) is 0 Å². The Balaban J connectivity index is 1.82. The molecule has 3 aromatic rings. The van der Waals surface area contributed by atoms with Crippen LogP contribution in [0.5, 0.6) is 5.75 Å². The van der Waals surface area contributed by atoms with Crippen LogP contribution in [-0.4, -0.2) is 25.6 Å². The Bertz CT molecular complexity index is 1100. The summed E-state index contributed by atoms with van der Waals surface area (Å²) >= 11 is 2.23. The number of hydrogen-bond acceptors (Lipinski definition) is 4. The first-order valence-electron chi connectivity index (χ1n) is 11.1. The molecule has 178 valence electrons. The zero-order valence-corrected chi connectivity index (χ0v) is 22.1. The van der Waals surface area contributed by atoms with E-state index in [0.29, 0.717) is 18.6 Å². The highest BCUT2D eigenvalue weighted by Crippen LogP contribution is 2.27. The van der Waals surface area contributed by atoms with Crippen LogP contribution in [0.1, 0.15) is 48.2 Å². The van der Waals surface area contributed by atoms with E-state index in [1.54, 1.807) is 12.1 Å². The lowest BCUT2D eigenvalue weighted by atomic mass is 9.90. The second-order valence-electron chi connectivity index (χ2n) is 9.36. The minimum absolute atomic E-state index is 0.0605. The summed E-state index contributed by atoms with van der Waals surface area (Å²) < 4.78 is 11.8. The first-order valence-corrected chi connectivity index (χ1v) is 12.2. The zero-order chi connectivity index (χ0) is 24.7. The van der Waals surface area contributed by atoms with Crippen LogP contribution in [0.15, 0.2) is 72.8 Å². The van der Waals surface area contributed by atoms with E-state index in [4.69, 9.17) is 9.47 Å². The monoisotopic (exact) mass is 571 g/mol. The normalized spacial score (nSPS) is 12.0. The van der Waals surface area contributed by atoms with Gasteiger partial charge in [-0.2, -0.15) is 0 Å². The highest BCUT2D eigenvalue weighted by Gasteiger charge is 2.22. The molecule has 0 fully saturated rings. The molecule has 34 heavy (non-hydrogen) atoms. The number of benzene rings is 3. The highest BCUT2D eigenvalue weighted by atomic mass is 127. The van der Waals surface area contributed by atoms with Gasteiger partial charge in [-0.05, 0) is 94.1 Å². The van der Waals surface area contributed by atoms with Gasteiger partial charge in [-0.3, -0.25) is 4.79 Å². The first-order chi connectivity index (χ1) is 16.1. The molecule has 0 spiro atoms. The summed E-state index contributed by atoms with van der Waals surface area (Å²) in [5.74, 6) is -0.121. The molecule has 0 radical (unpaired) electrons. The van der Waals surface area contributed by atoms with Gasteiger partial charge < -0.3 is 14.8 Å². The highest BCUT2D eigenvalue weighted by molar-refractivity contribution is 14.1. The molecule has 0 bridgehead atoms. The van der Waals surface area contributed by atoms with E-state index in [0.717, 1.165) is 26.1 Å². The van der Waals surface area contributed by atoms with Crippen molar-refractivity contribution in [3.05, 3.63) is 93.1 Å². The summed E-state index contributed by atoms with van der Waals surface area (Å²) in [6.45, 7) is 6.98. The van der Waals surface area contributed by atoms with Gasteiger partial charge in [-0.25, -0.2) is 4.79 Å². The molecule has 6 heteroatoms. The van der Waals surface area contributed by atoms with Crippen LogP contribution in [-0.2, 0) is 16.0 Å². The lowest BCUT2D eigenvalue weighted by molar-refractivity contribution is -0.117. The van der Waals surface area contributed by atoms with Gasteiger partial charge in [0.15, 0.2) is 0 Å². The molecule has 1 unspecified atom stereocenters. The quantitative estimate of drug-likeness (QED) is 0.249. The Morgan fingerprint density at radius 1 is 0.912 bits per heavy atom. The minimum Gasteiger partial charge on any atom is -0.493 e. The van der Waals surface area contributed by atoms with Crippen molar-refractivity contribution in [3.8, 4) is 5.75 Å². The van der Waals surface area contributed by atoms with E-state index >= 15 is 0 Å². The van der Waals surface area contributed by atoms with Crippen molar-refractivity contribution in [2.75, 3.05) is 19.0 Å². The fourth-order valence-corrected chi connectivity index (χ4v) is 3.71. The Kier molecular flexibility index (Phi) is 8.72. The molecule has 3 aromatic carbocycles. The van der Waals surface area contributed by atoms with Crippen molar-refractivity contribution < 1.29 is 19.1 Å². The topological polar surface area (TPSA) is 64.6 Å². The van der Waals surface area contributed by atoms with Gasteiger partial charge in [-0.1, -0.05) is 45.0 Å². The van der Waals surface area contributed by atoms with Crippen molar-refractivity contribution in [2.24, 2.45) is 5.41 Å². The fraction of sp³-hybridized carbons (Fsp3) is 0.286. The molecule has 1 atom stereocenters. The maximum Gasteiger partial charge on any atom is 0.337 e. The Hall–Kier alpha value is -2.87. The van der Waals surface area contributed by atoms with Crippen LogP contribution in [0.3, 0.4) is 0 Å². The van der Waals surface area contributed by atoms with E-state index in [1.807, 2.05) is 60.7 Å². The standard InChI is InChI=1S/C28H30INO4/c1-28(2,3)18-34-24-15-9-20(10-16-24)25(26(31)30-23-13-11-22(29)12-14-23)17-19-5-7-21(8-6-19)27(32)33-4/h5-16,25H,17-18H2,1-4H3,(H,30,31). The van der Waals surface area contributed by atoms with Gasteiger partial charge in [0.2, 0.25) is 5.91 Å². The molecule has 0 saturated heterocycles. The van der Waals surface area contributed by atoms with Crippen LogP contribution >= 0.6 is 22.6 Å². The lowest BCUT2D eigenvalue weighted by Crippen LogP contribution is -2.23. The second kappa shape index (κ2) is 11.5. The lowest BCUT2D eigenvalue weighted by Gasteiger charge is -2.20. The molecule has 0 aliphatic heterocycles. The molecule has 3 rings (SSSR count). The zero-order valence-electron chi connectivity index (χ0n) is 19.9. The van der Waals surface area contributed by atoms with Crippen LogP contribution < -0.4 is 10.1 Å². The smallest absolute Gasteiger partial charge is 0.337 e. The predicted molar refractivity (Wildman–Crippen MR) is 143 cm³/mol. The van der Waals surface area contributed by atoms with Crippen molar-refractivity contribution in [1.82, 2.24) is 0 Å². The number of carbonyl (C=O) groups excluding carboxylic acids is 2. The summed E-state index contributed by atoms with van der Waals surface area (Å²) in [5, 5.41) is 3.04. The predicted octanol–water partition coefficient (Wildman–Crippen LogP) is 6.47. The van der Waals surface area contributed by atoms with E-state index in [1.165, 1.54) is 7.11 Å². The first kappa shape index (κ1) is 25.7. The van der Waals surface area contributed by atoms with E-state index in [2.05, 4.69) is 48.7 Å². The molecular formula is C28H30INO4. The SMILES string of the molecule is COC(=O)c1ccc(CC(C(=O)Nc2ccc(I)cc2)c2ccc(OCC(C)(C)C)cc2)cc1. The van der Waals surface area contributed by atoms with Gasteiger partial charge in [0.05, 0.1) is 25.2 Å². The second-order valence-corrected chi connectivity index (χ2v) is 10.6. The largest absolute Gasteiger partial charge is 0.493 e. The average Bonchev–Trinajstić information content (AvgIpc) is 2.82. The number of nitrogens with one attached hydrogen (secondary N) is 1. The molecule has 0 saturated carbocycles. The van der Waals surface area contributed by atoms with Crippen LogP contribution in [0.4, 0.5) is 5.69 Å². The average molecular weight is 571 g/mol. The van der Waals surface area contributed by atoms with E-state index < -0.39 is 5.92 Å². The van der Waals surface area contributed by atoms with Crippen molar-refractivity contribution in [1.29, 1.82) is 0 Å². The Labute approximate surface area is 215 Å². The Morgan fingerprint density at radius 2 is 1.53 bits per heavy atom. The summed E-state index contributed by atoms with van der Waals surface area (Å²) in [6, 6.07) is 22.6. The number of methoxy groups -OCH3 is 1. The summed E-state index contributed by atoms with van der Waals surface area (Å²) in [7, 11) is 1.36. The van der Waals surface area contributed by atoms with Crippen molar-refractivity contribution >= 4 is 40.2 Å². The molecule has 0 heterocycles. The number of carbonyl (C=O) groups is 2. The number of anilines is 1. The van der Waals surface area contributed by atoms with E-state index in [9.17, 15) is 9.59 Å². The Morgan fingerprint density at radius 3 is 2.09 bits per heavy atom. The van der Waals surface area contributed by atoms with Gasteiger partial charge >= 0.3 is 5.97 Å². The maximum absolute atomic E-state index is 13.3. The molecule has 1 N–H and O–H groups in total. The summed E-state index contributed by atoms with van der Waals surface area (Å²) in [6.07, 6.45) is 0.486. The molecular weight excluding hydrogens is 541 g/mol. The fourth-order valence-electron chi connectivity index (χ4n) is 3.35. The summed E-state index contributed by atoms with van der Waals surface area (Å²) in [5.41, 5.74) is 3.13. The maximum atomic E-state index is 13.3. The van der Waals surface area contributed by atoms with E-state index in [-0.39, 0.29) is 17.3 Å². The van der Waals surface area contributed by atoms with Gasteiger partial charge in [0, 0.05) is 9.26 Å². The third-order valence-electron chi connectivity index (χ3n) is 5.20.